The van der Waals surface area contributed by atoms with Gasteiger partial charge < -0.3 is 5.11 Å². The van der Waals surface area contributed by atoms with Crippen LogP contribution in [0, 0.1) is 5.82 Å². The largest absolute Gasteiger partial charge is 0.390 e. The fraction of sp³-hybridized carbons (Fsp3) is 0.286. The van der Waals surface area contributed by atoms with E-state index < -0.39 is 24.4 Å². The normalized spacial score (nSPS) is 10.8. The quantitative estimate of drug-likeness (QED) is 0.745. The summed E-state index contributed by atoms with van der Waals surface area (Å²) in [6.07, 6.45) is -1.91. The number of halogens is 3. The standard InChI is InChI=1S/C7H6F3NO/c8-4-1-2-11-5(3-12)6(4)7(9)10/h1-2,7,12H,3H2. The molecule has 0 spiro atoms. The summed E-state index contributed by atoms with van der Waals surface area (Å²) in [4.78, 5) is 3.41. The minimum atomic E-state index is -2.94. The summed E-state index contributed by atoms with van der Waals surface area (Å²) in [7, 11) is 0. The van der Waals surface area contributed by atoms with E-state index >= 15 is 0 Å². The number of nitrogens with zero attached hydrogens (tertiary/aromatic N) is 1. The van der Waals surface area contributed by atoms with Crippen LogP contribution in [0.3, 0.4) is 0 Å². The molecule has 0 amide bonds. The van der Waals surface area contributed by atoms with Crippen LogP contribution >= 0.6 is 0 Å². The minimum Gasteiger partial charge on any atom is -0.390 e. The van der Waals surface area contributed by atoms with Crippen molar-refractivity contribution in [2.24, 2.45) is 0 Å². The Balaban J connectivity index is 3.20. The predicted octanol–water partition coefficient (Wildman–Crippen LogP) is 1.65. The summed E-state index contributed by atoms with van der Waals surface area (Å²) < 4.78 is 36.8. The van der Waals surface area contributed by atoms with Crippen LogP contribution in [0.25, 0.3) is 0 Å². The fourth-order valence-corrected chi connectivity index (χ4v) is 0.846. The van der Waals surface area contributed by atoms with E-state index in [-0.39, 0.29) is 5.69 Å². The highest BCUT2D eigenvalue weighted by atomic mass is 19.3. The maximum Gasteiger partial charge on any atom is 0.268 e. The van der Waals surface area contributed by atoms with Crippen molar-refractivity contribution in [3.8, 4) is 0 Å². The van der Waals surface area contributed by atoms with Crippen LogP contribution in [0.5, 0.6) is 0 Å². The van der Waals surface area contributed by atoms with E-state index in [0.29, 0.717) is 0 Å². The van der Waals surface area contributed by atoms with Gasteiger partial charge >= 0.3 is 0 Å². The Hall–Kier alpha value is -1.10. The zero-order valence-corrected chi connectivity index (χ0v) is 5.97. The number of rotatable bonds is 2. The number of aromatic nitrogens is 1. The van der Waals surface area contributed by atoms with Gasteiger partial charge in [-0.2, -0.15) is 0 Å². The van der Waals surface area contributed by atoms with Crippen LogP contribution in [0.4, 0.5) is 13.2 Å². The molecule has 1 N–H and O–H groups in total. The molecule has 0 aliphatic heterocycles. The lowest BCUT2D eigenvalue weighted by Crippen LogP contribution is -2.01. The maximum atomic E-state index is 12.7. The molecule has 1 heterocycles. The first-order valence-corrected chi connectivity index (χ1v) is 3.19. The lowest BCUT2D eigenvalue weighted by molar-refractivity contribution is 0.140. The van der Waals surface area contributed by atoms with Gasteiger partial charge in [0.05, 0.1) is 17.9 Å². The van der Waals surface area contributed by atoms with Gasteiger partial charge in [0.2, 0.25) is 0 Å². The zero-order chi connectivity index (χ0) is 9.14. The molecule has 0 aliphatic carbocycles. The van der Waals surface area contributed by atoms with Crippen LogP contribution in [-0.4, -0.2) is 10.1 Å². The number of aliphatic hydroxyl groups is 1. The third-order valence-electron chi connectivity index (χ3n) is 1.39. The van der Waals surface area contributed by atoms with Crippen molar-refractivity contribution in [3.05, 3.63) is 29.3 Å². The minimum absolute atomic E-state index is 0.315. The Bertz CT molecular complexity index is 277. The molecule has 1 rings (SSSR count). The first-order valence-electron chi connectivity index (χ1n) is 3.19. The van der Waals surface area contributed by atoms with Gasteiger partial charge in [-0.1, -0.05) is 0 Å². The van der Waals surface area contributed by atoms with E-state index in [1.807, 2.05) is 0 Å². The second kappa shape index (κ2) is 3.53. The van der Waals surface area contributed by atoms with Crippen LogP contribution in [-0.2, 0) is 6.61 Å². The number of hydrogen-bond acceptors (Lipinski definition) is 2. The van der Waals surface area contributed by atoms with E-state index in [2.05, 4.69) is 4.98 Å². The second-order valence-electron chi connectivity index (χ2n) is 2.11. The molecule has 2 nitrogen and oxygen atoms in total. The number of aliphatic hydroxyl groups excluding tert-OH is 1. The van der Waals surface area contributed by atoms with E-state index in [9.17, 15) is 13.2 Å². The van der Waals surface area contributed by atoms with Crippen molar-refractivity contribution in [3.63, 3.8) is 0 Å². The summed E-state index contributed by atoms with van der Waals surface area (Å²) in [6.45, 7) is -0.683. The first-order chi connectivity index (χ1) is 5.66. The third-order valence-corrected chi connectivity index (χ3v) is 1.39. The number of alkyl halides is 2. The topological polar surface area (TPSA) is 33.1 Å². The molecule has 5 heteroatoms. The van der Waals surface area contributed by atoms with Crippen LogP contribution in [0.2, 0.25) is 0 Å². The summed E-state index contributed by atoms with van der Waals surface area (Å²) in [5.41, 5.74) is -1.13. The van der Waals surface area contributed by atoms with Gasteiger partial charge in [0.1, 0.15) is 5.82 Å². The summed E-state index contributed by atoms with van der Waals surface area (Å²) in [5, 5.41) is 8.53. The average molecular weight is 177 g/mol. The van der Waals surface area contributed by atoms with Crippen LogP contribution in [0.15, 0.2) is 12.3 Å². The molecular formula is C7H6F3NO. The second-order valence-corrected chi connectivity index (χ2v) is 2.11. The lowest BCUT2D eigenvalue weighted by Gasteiger charge is -2.05. The van der Waals surface area contributed by atoms with Crippen molar-refractivity contribution in [2.75, 3.05) is 0 Å². The smallest absolute Gasteiger partial charge is 0.268 e. The fourth-order valence-electron chi connectivity index (χ4n) is 0.846. The highest BCUT2D eigenvalue weighted by Gasteiger charge is 2.18. The van der Waals surface area contributed by atoms with Gasteiger partial charge in [-0.3, -0.25) is 4.98 Å². The molecule has 1 aromatic heterocycles. The van der Waals surface area contributed by atoms with E-state index in [4.69, 9.17) is 5.11 Å². The zero-order valence-electron chi connectivity index (χ0n) is 5.97. The lowest BCUT2D eigenvalue weighted by atomic mass is 10.2. The SMILES string of the molecule is OCc1nccc(F)c1C(F)F. The van der Waals surface area contributed by atoms with E-state index in [1.165, 1.54) is 0 Å². The van der Waals surface area contributed by atoms with Gasteiger partial charge in [-0.15, -0.1) is 0 Å². The molecule has 1 aromatic rings. The van der Waals surface area contributed by atoms with E-state index in [1.54, 1.807) is 0 Å². The molecule has 0 saturated heterocycles. The third kappa shape index (κ3) is 1.55. The van der Waals surface area contributed by atoms with Crippen molar-refractivity contribution in [1.82, 2.24) is 4.98 Å². The molecule has 0 saturated carbocycles. The summed E-state index contributed by atoms with van der Waals surface area (Å²) in [5.74, 6) is -1.04. The Morgan fingerprint density at radius 3 is 2.58 bits per heavy atom. The van der Waals surface area contributed by atoms with Crippen LogP contribution in [0.1, 0.15) is 17.7 Å². The van der Waals surface area contributed by atoms with Gasteiger partial charge in [0.15, 0.2) is 0 Å². The monoisotopic (exact) mass is 177 g/mol. The number of hydrogen-bond donors (Lipinski definition) is 1. The molecular weight excluding hydrogens is 171 g/mol. The van der Waals surface area contributed by atoms with Crippen molar-refractivity contribution >= 4 is 0 Å². The average Bonchev–Trinajstić information content (AvgIpc) is 2.03. The number of pyridine rings is 1. The van der Waals surface area contributed by atoms with Gasteiger partial charge in [-0.25, -0.2) is 13.2 Å². The Morgan fingerprint density at radius 2 is 2.17 bits per heavy atom. The molecule has 0 aromatic carbocycles. The molecule has 0 radical (unpaired) electrons. The predicted molar refractivity (Wildman–Crippen MR) is 35.1 cm³/mol. The molecule has 0 fully saturated rings. The van der Waals surface area contributed by atoms with Gasteiger partial charge in [0.25, 0.3) is 6.43 Å². The highest BCUT2D eigenvalue weighted by molar-refractivity contribution is 5.22. The van der Waals surface area contributed by atoms with E-state index in [0.717, 1.165) is 12.3 Å². The molecule has 0 unspecified atom stereocenters. The first kappa shape index (κ1) is 8.99. The summed E-state index contributed by atoms with van der Waals surface area (Å²) >= 11 is 0. The molecule has 12 heavy (non-hydrogen) atoms. The summed E-state index contributed by atoms with van der Waals surface area (Å²) in [6, 6.07) is 0.834. The Morgan fingerprint density at radius 1 is 1.50 bits per heavy atom. The van der Waals surface area contributed by atoms with Crippen molar-refractivity contribution in [1.29, 1.82) is 0 Å². The van der Waals surface area contributed by atoms with Gasteiger partial charge in [-0.05, 0) is 6.07 Å². The Kier molecular flexibility index (Phi) is 2.65. The molecule has 0 bridgehead atoms. The van der Waals surface area contributed by atoms with Gasteiger partial charge in [0, 0.05) is 6.20 Å². The van der Waals surface area contributed by atoms with Crippen molar-refractivity contribution < 1.29 is 18.3 Å². The highest BCUT2D eigenvalue weighted by Crippen LogP contribution is 2.24. The van der Waals surface area contributed by atoms with Crippen LogP contribution < -0.4 is 0 Å². The van der Waals surface area contributed by atoms with Crippen molar-refractivity contribution in [2.45, 2.75) is 13.0 Å². The molecule has 66 valence electrons. The molecule has 0 atom stereocenters. The molecule has 0 aliphatic rings. The maximum absolute atomic E-state index is 12.7. The Labute approximate surface area is 66.7 Å².